The van der Waals surface area contributed by atoms with Gasteiger partial charge in [-0.2, -0.15) is 5.26 Å². The van der Waals surface area contributed by atoms with Crippen LogP contribution in [0, 0.1) is 39.0 Å². The summed E-state index contributed by atoms with van der Waals surface area (Å²) in [7, 11) is 0. The second-order valence-corrected chi connectivity index (χ2v) is 5.88. The Balaban J connectivity index is 2.04. The average Bonchev–Trinajstić information content (AvgIpc) is 2.50. The molecule has 0 aromatic heterocycles. The standard InChI is InChI=1S/C20H23NO/c1-14-8-9-16(3)19(12-14)18(13-21)10-11-22-20-7-5-6-15(2)17(20)4/h5-9,12,18H,10-11H2,1-4H3. The van der Waals surface area contributed by atoms with Crippen molar-refractivity contribution in [1.29, 1.82) is 5.26 Å². The van der Waals surface area contributed by atoms with Gasteiger partial charge < -0.3 is 4.74 Å². The zero-order valence-electron chi connectivity index (χ0n) is 13.8. The van der Waals surface area contributed by atoms with Crippen LogP contribution >= 0.6 is 0 Å². The van der Waals surface area contributed by atoms with Crippen LogP contribution in [-0.2, 0) is 0 Å². The summed E-state index contributed by atoms with van der Waals surface area (Å²) in [5.74, 6) is 0.794. The highest BCUT2D eigenvalue weighted by molar-refractivity contribution is 5.38. The lowest BCUT2D eigenvalue weighted by Gasteiger charge is -2.15. The first-order valence-corrected chi connectivity index (χ1v) is 7.68. The van der Waals surface area contributed by atoms with E-state index in [1.54, 1.807) is 0 Å². The minimum Gasteiger partial charge on any atom is -0.493 e. The molecule has 0 aliphatic heterocycles. The van der Waals surface area contributed by atoms with Gasteiger partial charge in [0, 0.05) is 6.42 Å². The summed E-state index contributed by atoms with van der Waals surface area (Å²) in [6, 6.07) is 14.8. The third-order valence-electron chi connectivity index (χ3n) is 4.19. The first-order valence-electron chi connectivity index (χ1n) is 7.68. The van der Waals surface area contributed by atoms with Crippen molar-refractivity contribution in [3.63, 3.8) is 0 Å². The molecule has 0 aliphatic carbocycles. The Hall–Kier alpha value is -2.27. The van der Waals surface area contributed by atoms with Crippen LogP contribution in [0.2, 0.25) is 0 Å². The van der Waals surface area contributed by atoms with Gasteiger partial charge in [0.2, 0.25) is 0 Å². The molecule has 2 aromatic carbocycles. The maximum atomic E-state index is 9.49. The van der Waals surface area contributed by atoms with Gasteiger partial charge in [0.05, 0.1) is 18.6 Å². The van der Waals surface area contributed by atoms with Crippen molar-refractivity contribution in [2.75, 3.05) is 6.61 Å². The molecule has 2 aromatic rings. The van der Waals surface area contributed by atoms with E-state index in [0.29, 0.717) is 13.0 Å². The van der Waals surface area contributed by atoms with E-state index >= 15 is 0 Å². The van der Waals surface area contributed by atoms with Gasteiger partial charge in [-0.3, -0.25) is 0 Å². The first kappa shape index (κ1) is 16.1. The Morgan fingerprint density at radius 1 is 1.05 bits per heavy atom. The predicted molar refractivity (Wildman–Crippen MR) is 90.3 cm³/mol. The number of nitrogens with zero attached hydrogens (tertiary/aromatic N) is 1. The third-order valence-corrected chi connectivity index (χ3v) is 4.19. The smallest absolute Gasteiger partial charge is 0.122 e. The van der Waals surface area contributed by atoms with Crippen LogP contribution in [0.1, 0.15) is 40.2 Å². The minimum absolute atomic E-state index is 0.120. The van der Waals surface area contributed by atoms with Crippen LogP contribution in [0.25, 0.3) is 0 Å². The van der Waals surface area contributed by atoms with Crippen LogP contribution in [0.15, 0.2) is 36.4 Å². The normalized spacial score (nSPS) is 11.8. The zero-order chi connectivity index (χ0) is 16.1. The zero-order valence-corrected chi connectivity index (χ0v) is 13.8. The van der Waals surface area contributed by atoms with Crippen molar-refractivity contribution < 1.29 is 4.74 Å². The monoisotopic (exact) mass is 293 g/mol. The molecule has 0 spiro atoms. The van der Waals surface area contributed by atoms with Crippen molar-refractivity contribution in [3.05, 3.63) is 64.2 Å². The maximum Gasteiger partial charge on any atom is 0.122 e. The Bertz CT molecular complexity index is 697. The van der Waals surface area contributed by atoms with E-state index in [1.807, 2.05) is 12.1 Å². The molecule has 0 saturated heterocycles. The van der Waals surface area contributed by atoms with E-state index in [-0.39, 0.29) is 5.92 Å². The molecule has 114 valence electrons. The molecule has 0 saturated carbocycles. The van der Waals surface area contributed by atoms with Gasteiger partial charge in [0.15, 0.2) is 0 Å². The van der Waals surface area contributed by atoms with Crippen molar-refractivity contribution in [1.82, 2.24) is 0 Å². The number of hydrogen-bond acceptors (Lipinski definition) is 2. The molecule has 0 bridgehead atoms. The summed E-state index contributed by atoms with van der Waals surface area (Å²) in [5.41, 5.74) is 5.87. The van der Waals surface area contributed by atoms with E-state index in [9.17, 15) is 5.26 Å². The molecule has 2 nitrogen and oxygen atoms in total. The number of ether oxygens (including phenoxy) is 1. The summed E-state index contributed by atoms with van der Waals surface area (Å²) in [6.07, 6.45) is 0.703. The topological polar surface area (TPSA) is 33.0 Å². The number of hydrogen-bond donors (Lipinski definition) is 0. The highest BCUT2D eigenvalue weighted by Gasteiger charge is 2.14. The summed E-state index contributed by atoms with van der Waals surface area (Å²) < 4.78 is 5.89. The number of nitriles is 1. The van der Waals surface area contributed by atoms with E-state index in [2.05, 4.69) is 58.0 Å². The van der Waals surface area contributed by atoms with Crippen molar-refractivity contribution >= 4 is 0 Å². The van der Waals surface area contributed by atoms with Crippen LogP contribution in [0.5, 0.6) is 5.75 Å². The molecule has 1 unspecified atom stereocenters. The van der Waals surface area contributed by atoms with Crippen LogP contribution in [-0.4, -0.2) is 6.61 Å². The molecule has 0 radical (unpaired) electrons. The minimum atomic E-state index is -0.120. The lowest BCUT2D eigenvalue weighted by molar-refractivity contribution is 0.303. The van der Waals surface area contributed by atoms with Crippen molar-refractivity contribution in [2.24, 2.45) is 0 Å². The Labute approximate surface area is 133 Å². The van der Waals surface area contributed by atoms with Crippen LogP contribution in [0.4, 0.5) is 0 Å². The van der Waals surface area contributed by atoms with E-state index in [0.717, 1.165) is 11.3 Å². The lowest BCUT2D eigenvalue weighted by Crippen LogP contribution is -2.07. The van der Waals surface area contributed by atoms with Crippen LogP contribution < -0.4 is 4.74 Å². The van der Waals surface area contributed by atoms with Gasteiger partial charge in [-0.1, -0.05) is 35.9 Å². The van der Waals surface area contributed by atoms with E-state index in [1.165, 1.54) is 22.3 Å². The molecule has 22 heavy (non-hydrogen) atoms. The molecular weight excluding hydrogens is 270 g/mol. The summed E-state index contributed by atoms with van der Waals surface area (Å²) in [5, 5.41) is 9.49. The third kappa shape index (κ3) is 3.68. The first-order chi connectivity index (χ1) is 10.5. The summed E-state index contributed by atoms with van der Waals surface area (Å²) >= 11 is 0. The number of benzene rings is 2. The molecule has 0 amide bonds. The molecule has 1 atom stereocenters. The lowest BCUT2D eigenvalue weighted by atomic mass is 9.92. The number of aryl methyl sites for hydroxylation is 3. The molecule has 2 rings (SSSR count). The second kappa shape index (κ2) is 7.13. The molecule has 0 N–H and O–H groups in total. The SMILES string of the molecule is Cc1ccc(C)c(C(C#N)CCOc2cccc(C)c2C)c1. The van der Waals surface area contributed by atoms with Gasteiger partial charge in [-0.05, 0) is 56.0 Å². The fourth-order valence-electron chi connectivity index (χ4n) is 2.59. The average molecular weight is 293 g/mol. The Morgan fingerprint density at radius 2 is 1.82 bits per heavy atom. The van der Waals surface area contributed by atoms with Gasteiger partial charge in [0.25, 0.3) is 0 Å². The summed E-state index contributed by atoms with van der Waals surface area (Å²) in [6.45, 7) is 8.82. The second-order valence-electron chi connectivity index (χ2n) is 5.88. The van der Waals surface area contributed by atoms with Gasteiger partial charge >= 0.3 is 0 Å². The molecule has 0 aliphatic rings. The Kier molecular flexibility index (Phi) is 5.22. The fourth-order valence-corrected chi connectivity index (χ4v) is 2.59. The van der Waals surface area contributed by atoms with Crippen molar-refractivity contribution in [3.8, 4) is 11.8 Å². The molecule has 2 heteroatoms. The van der Waals surface area contributed by atoms with Gasteiger partial charge in [0.1, 0.15) is 5.75 Å². The molecule has 0 fully saturated rings. The van der Waals surface area contributed by atoms with Gasteiger partial charge in [-0.15, -0.1) is 0 Å². The number of rotatable bonds is 5. The molecular formula is C20H23NO. The summed E-state index contributed by atoms with van der Waals surface area (Å²) in [4.78, 5) is 0. The quantitative estimate of drug-likeness (QED) is 0.777. The largest absolute Gasteiger partial charge is 0.493 e. The predicted octanol–water partition coefficient (Wildman–Crippen LogP) is 5.00. The highest BCUT2D eigenvalue weighted by atomic mass is 16.5. The molecule has 0 heterocycles. The maximum absolute atomic E-state index is 9.49. The fraction of sp³-hybridized carbons (Fsp3) is 0.350. The van der Waals surface area contributed by atoms with Crippen molar-refractivity contribution in [2.45, 2.75) is 40.0 Å². The Morgan fingerprint density at radius 3 is 2.55 bits per heavy atom. The van der Waals surface area contributed by atoms with E-state index in [4.69, 9.17) is 4.74 Å². The van der Waals surface area contributed by atoms with Gasteiger partial charge in [-0.25, -0.2) is 0 Å². The highest BCUT2D eigenvalue weighted by Crippen LogP contribution is 2.25. The van der Waals surface area contributed by atoms with E-state index < -0.39 is 0 Å². The van der Waals surface area contributed by atoms with Crippen LogP contribution in [0.3, 0.4) is 0 Å².